The smallest absolute Gasteiger partial charge is 0.410 e. The van der Waals surface area contributed by atoms with Crippen LogP contribution >= 0.6 is 0 Å². The Bertz CT molecular complexity index is 1180. The number of aromatic nitrogens is 1. The highest BCUT2D eigenvalue weighted by Gasteiger charge is 2.27. The second-order valence-corrected chi connectivity index (χ2v) is 9.88. The molecule has 1 saturated heterocycles. The number of likely N-dealkylation sites (tertiary alicyclic amines) is 1. The van der Waals surface area contributed by atoms with Crippen LogP contribution in [0.3, 0.4) is 0 Å². The zero-order chi connectivity index (χ0) is 24.5. The van der Waals surface area contributed by atoms with E-state index in [9.17, 15) is 9.18 Å². The fourth-order valence-corrected chi connectivity index (χ4v) is 4.43. The van der Waals surface area contributed by atoms with Gasteiger partial charge in [-0.15, -0.1) is 0 Å². The van der Waals surface area contributed by atoms with Crippen molar-refractivity contribution in [2.24, 2.45) is 0 Å². The van der Waals surface area contributed by atoms with Crippen molar-refractivity contribution in [1.82, 2.24) is 9.88 Å². The van der Waals surface area contributed by atoms with Crippen LogP contribution in [-0.4, -0.2) is 47.8 Å². The number of anilines is 2. The van der Waals surface area contributed by atoms with Gasteiger partial charge in [-0.2, -0.15) is 0 Å². The number of nitrogens with zero attached hydrogens (tertiary/aromatic N) is 2. The summed E-state index contributed by atoms with van der Waals surface area (Å²) in [5.74, 6) is 0.491. The molecule has 1 aliphatic rings. The third kappa shape index (κ3) is 5.24. The zero-order valence-electron chi connectivity index (χ0n) is 20.5. The van der Waals surface area contributed by atoms with Gasteiger partial charge in [0.1, 0.15) is 17.2 Å². The molecule has 0 saturated carbocycles. The van der Waals surface area contributed by atoms with Crippen molar-refractivity contribution in [2.45, 2.75) is 52.2 Å². The summed E-state index contributed by atoms with van der Waals surface area (Å²) in [6, 6.07) is 11.4. The Balaban J connectivity index is 1.60. The van der Waals surface area contributed by atoms with E-state index < -0.39 is 5.60 Å². The van der Waals surface area contributed by atoms with Crippen LogP contribution in [0.2, 0.25) is 0 Å². The van der Waals surface area contributed by atoms with Crippen LogP contribution in [0.15, 0.2) is 42.6 Å². The topological polar surface area (TPSA) is 66.5 Å². The number of rotatable bonds is 4. The Kier molecular flexibility index (Phi) is 6.64. The van der Waals surface area contributed by atoms with Gasteiger partial charge in [-0.1, -0.05) is 12.1 Å². The number of aryl methyl sites for hydroxylation is 1. The van der Waals surface area contributed by atoms with Crippen molar-refractivity contribution in [1.29, 1.82) is 0 Å². The molecule has 1 aliphatic heterocycles. The maximum absolute atomic E-state index is 15.0. The number of halogens is 1. The third-order valence-electron chi connectivity index (χ3n) is 6.10. The Morgan fingerprint density at radius 1 is 1.18 bits per heavy atom. The number of carbonyl (C=O) groups excluding carboxylic acids is 1. The highest BCUT2D eigenvalue weighted by Crippen LogP contribution is 2.36. The molecule has 1 amide bonds. The number of pyridine rings is 1. The summed E-state index contributed by atoms with van der Waals surface area (Å²) in [5, 5.41) is 8.57. The number of hydrogen-bond donors (Lipinski definition) is 2. The van der Waals surface area contributed by atoms with Crippen LogP contribution in [0.5, 0.6) is 0 Å². The van der Waals surface area contributed by atoms with Crippen LogP contribution in [0.4, 0.5) is 20.7 Å². The first-order valence-corrected chi connectivity index (χ1v) is 11.8. The number of ether oxygens (including phenoxy) is 1. The maximum Gasteiger partial charge on any atom is 0.410 e. The van der Waals surface area contributed by atoms with Gasteiger partial charge in [-0.05, 0) is 81.3 Å². The lowest BCUT2D eigenvalue weighted by Crippen LogP contribution is -2.44. The molecule has 0 radical (unpaired) electrons. The number of benzene rings is 2. The highest BCUT2D eigenvalue weighted by molar-refractivity contribution is 6.00. The fraction of sp³-hybridized carbons (Fsp3) is 0.407. The summed E-state index contributed by atoms with van der Waals surface area (Å²) in [6.07, 6.45) is 3.17. The van der Waals surface area contributed by atoms with Crippen molar-refractivity contribution >= 4 is 28.4 Å². The molecule has 0 spiro atoms. The van der Waals surface area contributed by atoms with E-state index in [0.717, 1.165) is 46.2 Å². The molecule has 0 bridgehead atoms. The van der Waals surface area contributed by atoms with Gasteiger partial charge >= 0.3 is 6.09 Å². The van der Waals surface area contributed by atoms with Crippen molar-refractivity contribution in [2.75, 3.05) is 30.8 Å². The van der Waals surface area contributed by atoms with Gasteiger partial charge < -0.3 is 20.3 Å². The van der Waals surface area contributed by atoms with E-state index in [-0.39, 0.29) is 18.0 Å². The van der Waals surface area contributed by atoms with Crippen molar-refractivity contribution in [3.63, 3.8) is 0 Å². The SMILES string of the molecule is CNc1cc2c(-c3c(C)cccc3F)cc(NC3CCN(C(=O)OC(C)(C)C)CC3)cc2cn1. The minimum Gasteiger partial charge on any atom is -0.444 e. The number of hydrogen-bond acceptors (Lipinski definition) is 5. The van der Waals surface area contributed by atoms with E-state index in [1.807, 2.05) is 59.1 Å². The summed E-state index contributed by atoms with van der Waals surface area (Å²) in [7, 11) is 1.82. The van der Waals surface area contributed by atoms with Gasteiger partial charge in [0, 0.05) is 49.0 Å². The molecular weight excluding hydrogens is 431 g/mol. The first-order valence-electron chi connectivity index (χ1n) is 11.8. The van der Waals surface area contributed by atoms with Crippen LogP contribution in [0, 0.1) is 12.7 Å². The number of piperidine rings is 1. The van der Waals surface area contributed by atoms with Gasteiger partial charge in [0.05, 0.1) is 0 Å². The number of nitrogens with one attached hydrogen (secondary N) is 2. The van der Waals surface area contributed by atoms with Crippen molar-refractivity contribution in [3.8, 4) is 11.1 Å². The van der Waals surface area contributed by atoms with E-state index in [0.29, 0.717) is 18.7 Å². The Labute approximate surface area is 200 Å². The molecule has 1 fully saturated rings. The van der Waals surface area contributed by atoms with Gasteiger partial charge in [0.15, 0.2) is 0 Å². The second-order valence-electron chi connectivity index (χ2n) is 9.88. The molecule has 2 aromatic carbocycles. The first-order chi connectivity index (χ1) is 16.1. The summed E-state index contributed by atoms with van der Waals surface area (Å²) < 4.78 is 20.5. The minimum absolute atomic E-state index is 0.204. The predicted molar refractivity (Wildman–Crippen MR) is 136 cm³/mol. The molecule has 180 valence electrons. The first kappa shape index (κ1) is 23.8. The molecule has 0 atom stereocenters. The summed E-state index contributed by atoms with van der Waals surface area (Å²) in [6.45, 7) is 8.82. The molecule has 2 N–H and O–H groups in total. The lowest BCUT2D eigenvalue weighted by atomic mass is 9.94. The molecule has 1 aromatic heterocycles. The third-order valence-corrected chi connectivity index (χ3v) is 6.10. The lowest BCUT2D eigenvalue weighted by molar-refractivity contribution is 0.0210. The molecule has 34 heavy (non-hydrogen) atoms. The average molecular weight is 465 g/mol. The molecule has 3 aromatic rings. The van der Waals surface area contributed by atoms with E-state index >= 15 is 0 Å². The van der Waals surface area contributed by atoms with E-state index in [1.165, 1.54) is 6.07 Å². The van der Waals surface area contributed by atoms with Gasteiger partial charge in [-0.3, -0.25) is 0 Å². The largest absolute Gasteiger partial charge is 0.444 e. The van der Waals surface area contributed by atoms with E-state index in [2.05, 4.69) is 21.7 Å². The number of fused-ring (bicyclic) bond motifs is 1. The van der Waals surface area contributed by atoms with Crippen LogP contribution < -0.4 is 10.6 Å². The van der Waals surface area contributed by atoms with Gasteiger partial charge in [0.25, 0.3) is 0 Å². The van der Waals surface area contributed by atoms with Gasteiger partial charge in [0.2, 0.25) is 0 Å². The Morgan fingerprint density at radius 3 is 2.56 bits per heavy atom. The molecule has 0 aliphatic carbocycles. The maximum atomic E-state index is 15.0. The standard InChI is InChI=1S/C27H33FN4O2/c1-17-7-6-8-23(28)25(17)22-14-20(13-18-16-30-24(29-5)15-21(18)22)31-19-9-11-32(12-10-19)26(33)34-27(2,3)4/h6-8,13-16,19,31H,9-12H2,1-5H3,(H,29,30). The van der Waals surface area contributed by atoms with E-state index in [4.69, 9.17) is 4.74 Å². The predicted octanol–water partition coefficient (Wildman–Crippen LogP) is 6.20. The normalized spacial score (nSPS) is 14.8. The quantitative estimate of drug-likeness (QED) is 0.481. The number of amides is 1. The lowest BCUT2D eigenvalue weighted by Gasteiger charge is -2.34. The monoisotopic (exact) mass is 464 g/mol. The van der Waals surface area contributed by atoms with Crippen molar-refractivity contribution < 1.29 is 13.9 Å². The van der Waals surface area contributed by atoms with Crippen LogP contribution in [-0.2, 0) is 4.74 Å². The van der Waals surface area contributed by atoms with E-state index in [1.54, 1.807) is 11.0 Å². The average Bonchev–Trinajstić information content (AvgIpc) is 2.78. The summed E-state index contributed by atoms with van der Waals surface area (Å²) >= 11 is 0. The molecule has 2 heterocycles. The summed E-state index contributed by atoms with van der Waals surface area (Å²) in [4.78, 5) is 18.6. The molecular formula is C27H33FN4O2. The van der Waals surface area contributed by atoms with Crippen LogP contribution in [0.1, 0.15) is 39.2 Å². The molecule has 0 unspecified atom stereocenters. The van der Waals surface area contributed by atoms with Crippen molar-refractivity contribution in [3.05, 3.63) is 54.0 Å². The highest BCUT2D eigenvalue weighted by atomic mass is 19.1. The minimum atomic E-state index is -0.500. The Morgan fingerprint density at radius 2 is 1.91 bits per heavy atom. The van der Waals surface area contributed by atoms with Crippen LogP contribution in [0.25, 0.3) is 21.9 Å². The second kappa shape index (κ2) is 9.49. The fourth-order valence-electron chi connectivity index (χ4n) is 4.43. The molecule has 7 heteroatoms. The molecule has 6 nitrogen and oxygen atoms in total. The number of carbonyl (C=O) groups is 1. The van der Waals surface area contributed by atoms with Gasteiger partial charge in [-0.25, -0.2) is 14.2 Å². The Hall–Kier alpha value is -3.35. The zero-order valence-corrected chi connectivity index (χ0v) is 20.5. The molecule has 4 rings (SSSR count). The summed E-state index contributed by atoms with van der Waals surface area (Å²) in [5.41, 5.74) is 2.73.